The molecule has 1 amide bonds. The van der Waals surface area contributed by atoms with Crippen molar-refractivity contribution in [2.45, 2.75) is 25.2 Å². The van der Waals surface area contributed by atoms with Crippen LogP contribution in [0.3, 0.4) is 0 Å². The minimum Gasteiger partial charge on any atom is -0.465 e. The maximum atomic E-state index is 12.2. The Labute approximate surface area is 153 Å². The average Bonchev–Trinajstić information content (AvgIpc) is 3.47. The van der Waals surface area contributed by atoms with Crippen LogP contribution in [0.4, 0.5) is 5.69 Å². The summed E-state index contributed by atoms with van der Waals surface area (Å²) in [5.74, 6) is -0.453. The largest absolute Gasteiger partial charge is 0.465 e. The number of rotatable bonds is 7. The minimum atomic E-state index is -0.393. The monoisotopic (exact) mass is 352 g/mol. The second-order valence-electron chi connectivity index (χ2n) is 6.80. The predicted molar refractivity (Wildman–Crippen MR) is 101 cm³/mol. The number of aryl methyl sites for hydroxylation is 1. The number of hydrogen-bond donors (Lipinski definition) is 2. The Balaban J connectivity index is 1.54. The first-order valence-corrected chi connectivity index (χ1v) is 8.79. The lowest BCUT2D eigenvalue weighted by Gasteiger charge is -2.17. The smallest absolute Gasteiger partial charge is 0.337 e. The number of benzene rings is 2. The number of nitrogens with one attached hydrogen (secondary N) is 2. The molecule has 1 aliphatic rings. The molecule has 1 fully saturated rings. The molecule has 0 radical (unpaired) electrons. The fraction of sp³-hybridized carbons (Fsp3) is 0.333. The quantitative estimate of drug-likeness (QED) is 0.752. The van der Waals surface area contributed by atoms with Crippen molar-refractivity contribution >= 4 is 17.6 Å². The highest BCUT2D eigenvalue weighted by Crippen LogP contribution is 2.47. The molecule has 5 heteroatoms. The fourth-order valence-corrected chi connectivity index (χ4v) is 3.07. The van der Waals surface area contributed by atoms with Crippen LogP contribution in [0.2, 0.25) is 0 Å². The van der Waals surface area contributed by atoms with E-state index < -0.39 is 5.97 Å². The zero-order valence-electron chi connectivity index (χ0n) is 15.2. The third kappa shape index (κ3) is 4.04. The molecule has 0 atom stereocenters. The third-order valence-electron chi connectivity index (χ3n) is 4.96. The molecule has 0 bridgehead atoms. The Hall–Kier alpha value is -2.82. The first-order chi connectivity index (χ1) is 12.5. The van der Waals surface area contributed by atoms with Crippen molar-refractivity contribution in [3.05, 3.63) is 65.2 Å². The maximum Gasteiger partial charge on any atom is 0.337 e. The molecule has 0 spiro atoms. The molecule has 26 heavy (non-hydrogen) atoms. The van der Waals surface area contributed by atoms with Gasteiger partial charge < -0.3 is 15.4 Å². The van der Waals surface area contributed by atoms with Gasteiger partial charge in [0.05, 0.1) is 19.2 Å². The predicted octanol–water partition coefficient (Wildman–Crippen LogP) is 3.04. The molecule has 0 saturated heterocycles. The zero-order valence-corrected chi connectivity index (χ0v) is 15.2. The summed E-state index contributed by atoms with van der Waals surface area (Å²) in [7, 11) is 1.35. The molecule has 2 N–H and O–H groups in total. The van der Waals surface area contributed by atoms with Gasteiger partial charge in [-0.3, -0.25) is 4.79 Å². The van der Waals surface area contributed by atoms with E-state index in [0.29, 0.717) is 12.1 Å². The molecule has 0 heterocycles. The highest BCUT2D eigenvalue weighted by atomic mass is 16.5. The van der Waals surface area contributed by atoms with Gasteiger partial charge in [-0.05, 0) is 43.0 Å². The van der Waals surface area contributed by atoms with Crippen LogP contribution in [0, 0.1) is 6.92 Å². The zero-order chi connectivity index (χ0) is 18.6. The van der Waals surface area contributed by atoms with Crippen molar-refractivity contribution < 1.29 is 14.3 Å². The van der Waals surface area contributed by atoms with E-state index in [-0.39, 0.29) is 17.9 Å². The van der Waals surface area contributed by atoms with E-state index in [0.717, 1.165) is 24.1 Å². The van der Waals surface area contributed by atoms with Crippen molar-refractivity contribution in [3.8, 4) is 0 Å². The lowest BCUT2D eigenvalue weighted by molar-refractivity contribution is -0.119. The Bertz CT molecular complexity index is 798. The van der Waals surface area contributed by atoms with Crippen LogP contribution in [-0.2, 0) is 14.9 Å². The number of carbonyl (C=O) groups excluding carboxylic acids is 2. The molecule has 0 aliphatic heterocycles. The molecule has 2 aromatic carbocycles. The van der Waals surface area contributed by atoms with Crippen molar-refractivity contribution in [1.82, 2.24) is 5.32 Å². The summed E-state index contributed by atoms with van der Waals surface area (Å²) < 4.78 is 4.74. The number of anilines is 1. The molecular formula is C21H24N2O3. The normalized spacial score (nSPS) is 14.4. The molecule has 136 valence electrons. The number of esters is 1. The Morgan fingerprint density at radius 3 is 2.50 bits per heavy atom. The Morgan fingerprint density at radius 1 is 1.12 bits per heavy atom. The van der Waals surface area contributed by atoms with Gasteiger partial charge in [0, 0.05) is 17.6 Å². The van der Waals surface area contributed by atoms with Gasteiger partial charge in [-0.1, -0.05) is 36.4 Å². The van der Waals surface area contributed by atoms with Crippen molar-refractivity contribution in [2.24, 2.45) is 0 Å². The summed E-state index contributed by atoms with van der Waals surface area (Å²) >= 11 is 0. The number of carbonyl (C=O) groups is 2. The lowest BCUT2D eigenvalue weighted by Crippen LogP contribution is -2.36. The van der Waals surface area contributed by atoms with Crippen molar-refractivity contribution in [1.29, 1.82) is 0 Å². The number of methoxy groups -OCH3 is 1. The van der Waals surface area contributed by atoms with E-state index in [1.807, 2.05) is 31.2 Å². The van der Waals surface area contributed by atoms with Gasteiger partial charge in [-0.25, -0.2) is 4.79 Å². The Kier molecular flexibility index (Phi) is 5.26. The number of ether oxygens (including phenoxy) is 1. The van der Waals surface area contributed by atoms with Crippen LogP contribution in [0.5, 0.6) is 0 Å². The molecule has 5 nitrogen and oxygen atoms in total. The first-order valence-electron chi connectivity index (χ1n) is 8.79. The van der Waals surface area contributed by atoms with Crippen molar-refractivity contribution in [2.75, 3.05) is 25.5 Å². The summed E-state index contributed by atoms with van der Waals surface area (Å²) in [5.41, 5.74) is 3.56. The highest BCUT2D eigenvalue weighted by molar-refractivity contribution is 5.91. The number of hydrogen-bond acceptors (Lipinski definition) is 4. The summed E-state index contributed by atoms with van der Waals surface area (Å²) in [6, 6.07) is 15.6. The van der Waals surface area contributed by atoms with Gasteiger partial charge >= 0.3 is 5.97 Å². The van der Waals surface area contributed by atoms with Crippen LogP contribution >= 0.6 is 0 Å². The second kappa shape index (κ2) is 7.60. The molecule has 3 rings (SSSR count). The maximum absolute atomic E-state index is 12.2. The SMILES string of the molecule is COC(=O)c1ccc(C)c(NCC(=O)NCC2(c3ccccc3)CC2)c1. The number of amides is 1. The first kappa shape index (κ1) is 18.0. The van der Waals surface area contributed by atoms with Gasteiger partial charge in [0.2, 0.25) is 5.91 Å². The van der Waals surface area contributed by atoms with Crippen LogP contribution < -0.4 is 10.6 Å². The van der Waals surface area contributed by atoms with Crippen LogP contribution in [0.1, 0.15) is 34.3 Å². The van der Waals surface area contributed by atoms with E-state index in [4.69, 9.17) is 4.74 Å². The minimum absolute atomic E-state index is 0.0601. The third-order valence-corrected chi connectivity index (χ3v) is 4.96. The van der Waals surface area contributed by atoms with E-state index in [9.17, 15) is 9.59 Å². The summed E-state index contributed by atoms with van der Waals surface area (Å²) in [6.07, 6.45) is 2.20. The van der Waals surface area contributed by atoms with E-state index >= 15 is 0 Å². The summed E-state index contributed by atoms with van der Waals surface area (Å²) in [4.78, 5) is 23.9. The standard InChI is InChI=1S/C21H24N2O3/c1-15-8-9-16(20(25)26-2)12-18(15)22-13-19(24)23-14-21(10-11-21)17-6-4-3-5-7-17/h3-9,12,22H,10-11,13-14H2,1-2H3,(H,23,24). The van der Waals surface area contributed by atoms with E-state index in [1.54, 1.807) is 12.1 Å². The van der Waals surface area contributed by atoms with Gasteiger partial charge in [-0.15, -0.1) is 0 Å². The van der Waals surface area contributed by atoms with E-state index in [2.05, 4.69) is 22.8 Å². The second-order valence-corrected chi connectivity index (χ2v) is 6.80. The van der Waals surface area contributed by atoms with E-state index in [1.165, 1.54) is 12.7 Å². The van der Waals surface area contributed by atoms with Crippen LogP contribution in [-0.4, -0.2) is 32.1 Å². The van der Waals surface area contributed by atoms with Crippen molar-refractivity contribution in [3.63, 3.8) is 0 Å². The Morgan fingerprint density at radius 2 is 1.85 bits per heavy atom. The topological polar surface area (TPSA) is 67.4 Å². The van der Waals surface area contributed by atoms with Gasteiger partial charge in [0.15, 0.2) is 0 Å². The molecule has 0 unspecified atom stereocenters. The van der Waals surface area contributed by atoms with Gasteiger partial charge in [0.25, 0.3) is 0 Å². The highest BCUT2D eigenvalue weighted by Gasteiger charge is 2.44. The van der Waals surface area contributed by atoms with Gasteiger partial charge in [-0.2, -0.15) is 0 Å². The summed E-state index contributed by atoms with van der Waals surface area (Å²) in [6.45, 7) is 2.74. The molecule has 1 aliphatic carbocycles. The van der Waals surface area contributed by atoms with Crippen LogP contribution in [0.25, 0.3) is 0 Å². The van der Waals surface area contributed by atoms with Crippen LogP contribution in [0.15, 0.2) is 48.5 Å². The van der Waals surface area contributed by atoms with Gasteiger partial charge in [0.1, 0.15) is 0 Å². The molecule has 2 aromatic rings. The molecular weight excluding hydrogens is 328 g/mol. The lowest BCUT2D eigenvalue weighted by atomic mass is 9.96. The molecule has 1 saturated carbocycles. The molecule has 0 aromatic heterocycles. The summed E-state index contributed by atoms with van der Waals surface area (Å²) in [5, 5.41) is 6.14. The average molecular weight is 352 g/mol. The fourth-order valence-electron chi connectivity index (χ4n) is 3.07.